The molecule has 3 heteroatoms. The standard InChI is InChI=1S/C9H9Cl2O/c1-2-12-8-5-3-4-7(6-8)9(10)11/h3,5-6,9H,2H2,1H3. The SMILES string of the molecule is CCOc1cc[c]c(C(Cl)Cl)c1. The zero-order chi connectivity index (χ0) is 8.97. The fraction of sp³-hybridized carbons (Fsp3) is 0.333. The van der Waals surface area contributed by atoms with Gasteiger partial charge in [0.05, 0.1) is 6.61 Å². The average molecular weight is 204 g/mol. The highest BCUT2D eigenvalue weighted by molar-refractivity contribution is 6.44. The molecule has 0 unspecified atom stereocenters. The summed E-state index contributed by atoms with van der Waals surface area (Å²) in [5.74, 6) is 0.776. The summed E-state index contributed by atoms with van der Waals surface area (Å²) in [5.41, 5.74) is 0.740. The molecule has 1 rings (SSSR count). The van der Waals surface area contributed by atoms with Crippen molar-refractivity contribution in [3.63, 3.8) is 0 Å². The molecule has 0 amide bonds. The molecule has 0 saturated carbocycles. The summed E-state index contributed by atoms with van der Waals surface area (Å²) in [6.45, 7) is 2.56. The molecule has 0 spiro atoms. The normalized spacial score (nSPS) is 10.3. The lowest BCUT2D eigenvalue weighted by molar-refractivity contribution is 0.340. The van der Waals surface area contributed by atoms with Crippen LogP contribution < -0.4 is 4.74 Å². The van der Waals surface area contributed by atoms with Crippen molar-refractivity contribution in [2.24, 2.45) is 0 Å². The fourth-order valence-corrected chi connectivity index (χ4v) is 1.10. The van der Waals surface area contributed by atoms with Crippen molar-refractivity contribution in [1.82, 2.24) is 0 Å². The van der Waals surface area contributed by atoms with Gasteiger partial charge in [0.1, 0.15) is 10.6 Å². The Kier molecular flexibility index (Phi) is 3.70. The molecule has 0 aliphatic heterocycles. The first-order valence-electron chi connectivity index (χ1n) is 3.66. The van der Waals surface area contributed by atoms with Gasteiger partial charge in [0.15, 0.2) is 0 Å². The van der Waals surface area contributed by atoms with Crippen molar-refractivity contribution >= 4 is 23.2 Å². The molecule has 0 bridgehead atoms. The molecule has 1 radical (unpaired) electrons. The van der Waals surface area contributed by atoms with E-state index in [1.54, 1.807) is 12.1 Å². The van der Waals surface area contributed by atoms with Crippen molar-refractivity contribution in [1.29, 1.82) is 0 Å². The molecule has 0 saturated heterocycles. The minimum atomic E-state index is -0.537. The largest absolute Gasteiger partial charge is 0.494 e. The van der Waals surface area contributed by atoms with Gasteiger partial charge >= 0.3 is 0 Å². The number of rotatable bonds is 3. The fourth-order valence-electron chi connectivity index (χ4n) is 0.846. The van der Waals surface area contributed by atoms with Crippen LogP contribution in [0.25, 0.3) is 0 Å². The summed E-state index contributed by atoms with van der Waals surface area (Å²) in [5, 5.41) is 0. The first-order chi connectivity index (χ1) is 5.74. The number of hydrogen-bond donors (Lipinski definition) is 0. The number of benzene rings is 1. The van der Waals surface area contributed by atoms with E-state index < -0.39 is 4.84 Å². The monoisotopic (exact) mass is 203 g/mol. The van der Waals surface area contributed by atoms with E-state index in [4.69, 9.17) is 27.9 Å². The van der Waals surface area contributed by atoms with E-state index in [1.165, 1.54) is 0 Å². The zero-order valence-electron chi connectivity index (χ0n) is 6.68. The van der Waals surface area contributed by atoms with Gasteiger partial charge in [0.2, 0.25) is 0 Å². The molecule has 1 nitrogen and oxygen atoms in total. The van der Waals surface area contributed by atoms with Crippen molar-refractivity contribution in [2.75, 3.05) is 6.61 Å². The van der Waals surface area contributed by atoms with Gasteiger partial charge in [-0.25, -0.2) is 0 Å². The molecule has 0 atom stereocenters. The molecular formula is C9H9Cl2O. The summed E-state index contributed by atoms with van der Waals surface area (Å²) in [4.78, 5) is -0.537. The summed E-state index contributed by atoms with van der Waals surface area (Å²) < 4.78 is 5.26. The number of alkyl halides is 2. The molecule has 1 aromatic carbocycles. The minimum absolute atomic E-state index is 0.537. The second-order valence-electron chi connectivity index (χ2n) is 2.21. The van der Waals surface area contributed by atoms with Crippen LogP contribution in [0.3, 0.4) is 0 Å². The predicted molar refractivity (Wildman–Crippen MR) is 50.9 cm³/mol. The van der Waals surface area contributed by atoms with Gasteiger partial charge < -0.3 is 4.74 Å². The maximum atomic E-state index is 5.65. The lowest BCUT2D eigenvalue weighted by atomic mass is 10.2. The molecule has 0 aliphatic carbocycles. The lowest BCUT2D eigenvalue weighted by Crippen LogP contribution is -1.92. The van der Waals surface area contributed by atoms with Crippen LogP contribution in [0.4, 0.5) is 0 Å². The molecule has 0 aliphatic rings. The van der Waals surface area contributed by atoms with Crippen molar-refractivity contribution in [2.45, 2.75) is 11.8 Å². The maximum absolute atomic E-state index is 5.65. The second kappa shape index (κ2) is 4.58. The molecule has 0 heterocycles. The van der Waals surface area contributed by atoms with Gasteiger partial charge in [-0.1, -0.05) is 6.07 Å². The highest BCUT2D eigenvalue weighted by Crippen LogP contribution is 2.26. The first kappa shape index (κ1) is 9.69. The topological polar surface area (TPSA) is 9.23 Å². The van der Waals surface area contributed by atoms with Gasteiger partial charge in [-0.3, -0.25) is 0 Å². The molecule has 65 valence electrons. The first-order valence-corrected chi connectivity index (χ1v) is 4.54. The van der Waals surface area contributed by atoms with E-state index in [1.807, 2.05) is 13.0 Å². The molecule has 0 aromatic heterocycles. The summed E-state index contributed by atoms with van der Waals surface area (Å²) in [6, 6.07) is 8.28. The van der Waals surface area contributed by atoms with Crippen LogP contribution in [0.1, 0.15) is 17.3 Å². The van der Waals surface area contributed by atoms with E-state index in [0.29, 0.717) is 6.61 Å². The third-order valence-corrected chi connectivity index (χ3v) is 1.81. The highest BCUT2D eigenvalue weighted by Gasteiger charge is 2.03. The number of hydrogen-bond acceptors (Lipinski definition) is 1. The van der Waals surface area contributed by atoms with Crippen molar-refractivity contribution in [3.05, 3.63) is 29.8 Å². The Morgan fingerprint density at radius 3 is 2.92 bits per heavy atom. The number of halogens is 2. The van der Waals surface area contributed by atoms with Crippen LogP contribution >= 0.6 is 23.2 Å². The highest BCUT2D eigenvalue weighted by atomic mass is 35.5. The summed E-state index contributed by atoms with van der Waals surface area (Å²) in [6.07, 6.45) is 0. The quantitative estimate of drug-likeness (QED) is 0.686. The van der Waals surface area contributed by atoms with Crippen molar-refractivity contribution < 1.29 is 4.74 Å². The Balaban J connectivity index is 2.81. The van der Waals surface area contributed by atoms with Crippen LogP contribution in [0, 0.1) is 6.07 Å². The zero-order valence-corrected chi connectivity index (χ0v) is 8.19. The second-order valence-corrected chi connectivity index (χ2v) is 3.31. The smallest absolute Gasteiger partial charge is 0.133 e. The Hall–Kier alpha value is -0.400. The van der Waals surface area contributed by atoms with Crippen molar-refractivity contribution in [3.8, 4) is 5.75 Å². The Morgan fingerprint density at radius 1 is 1.58 bits per heavy atom. The Bertz CT molecular complexity index is 248. The Labute approximate surface area is 82.2 Å². The van der Waals surface area contributed by atoms with Crippen LogP contribution in [-0.2, 0) is 0 Å². The van der Waals surface area contributed by atoms with Gasteiger partial charge in [0.25, 0.3) is 0 Å². The summed E-state index contributed by atoms with van der Waals surface area (Å²) >= 11 is 11.3. The van der Waals surface area contributed by atoms with Crippen LogP contribution in [0.5, 0.6) is 5.75 Å². The maximum Gasteiger partial charge on any atom is 0.133 e. The van der Waals surface area contributed by atoms with Gasteiger partial charge in [0, 0.05) is 0 Å². The van der Waals surface area contributed by atoms with E-state index in [2.05, 4.69) is 6.07 Å². The van der Waals surface area contributed by atoms with E-state index in [-0.39, 0.29) is 0 Å². The van der Waals surface area contributed by atoms with Gasteiger partial charge in [-0.2, -0.15) is 0 Å². The molecule has 0 fully saturated rings. The van der Waals surface area contributed by atoms with Crippen LogP contribution in [0.15, 0.2) is 18.2 Å². The van der Waals surface area contributed by atoms with E-state index >= 15 is 0 Å². The lowest BCUT2D eigenvalue weighted by Gasteiger charge is -2.05. The van der Waals surface area contributed by atoms with E-state index in [0.717, 1.165) is 11.3 Å². The Morgan fingerprint density at radius 2 is 2.33 bits per heavy atom. The number of ether oxygens (including phenoxy) is 1. The summed E-state index contributed by atoms with van der Waals surface area (Å²) in [7, 11) is 0. The van der Waals surface area contributed by atoms with Gasteiger partial charge in [-0.15, -0.1) is 23.2 Å². The predicted octanol–water partition coefficient (Wildman–Crippen LogP) is 3.36. The third-order valence-electron chi connectivity index (χ3n) is 1.34. The minimum Gasteiger partial charge on any atom is -0.494 e. The van der Waals surface area contributed by atoms with Gasteiger partial charge in [-0.05, 0) is 30.7 Å². The van der Waals surface area contributed by atoms with Crippen LogP contribution in [-0.4, -0.2) is 6.61 Å². The average Bonchev–Trinajstić information content (AvgIpc) is 2.05. The van der Waals surface area contributed by atoms with E-state index in [9.17, 15) is 0 Å². The molecular weight excluding hydrogens is 195 g/mol. The molecule has 1 aromatic rings. The molecule has 12 heavy (non-hydrogen) atoms. The molecule has 0 N–H and O–H groups in total. The third kappa shape index (κ3) is 2.58. The van der Waals surface area contributed by atoms with Crippen LogP contribution in [0.2, 0.25) is 0 Å².